The van der Waals surface area contributed by atoms with Crippen LogP contribution in [0.3, 0.4) is 0 Å². The van der Waals surface area contributed by atoms with E-state index in [1.54, 1.807) is 36.0 Å². The highest BCUT2D eigenvalue weighted by atomic mass is 32.1. The van der Waals surface area contributed by atoms with E-state index >= 15 is 0 Å². The molecule has 7 nitrogen and oxygen atoms in total. The van der Waals surface area contributed by atoms with Crippen LogP contribution in [0.5, 0.6) is 5.75 Å². The summed E-state index contributed by atoms with van der Waals surface area (Å²) >= 11 is 1.71. The first-order valence-corrected chi connectivity index (χ1v) is 9.82. The van der Waals surface area contributed by atoms with Crippen molar-refractivity contribution in [3.8, 4) is 5.75 Å². The van der Waals surface area contributed by atoms with Gasteiger partial charge in [0.1, 0.15) is 23.6 Å². The number of carbonyl (C=O) groups excluding carboxylic acids is 1. The van der Waals surface area contributed by atoms with Gasteiger partial charge < -0.3 is 15.4 Å². The average Bonchev–Trinajstić information content (AvgIpc) is 3.08. The van der Waals surface area contributed by atoms with Gasteiger partial charge in [0.2, 0.25) is 0 Å². The van der Waals surface area contributed by atoms with Gasteiger partial charge in [0.05, 0.1) is 16.8 Å². The highest BCUT2D eigenvalue weighted by Gasteiger charge is 2.23. The standard InChI is InChI=1S/C19H21N5O2S/c1-12-10-27-17-16(12)22-11-23-19(17)24-6-3-13(4-7-24)9-26-14-2-5-21-15(8-14)18(20)25/h2,5,8,10-11,13H,3-4,6-7,9H2,1H3,(H2,20,25). The van der Waals surface area contributed by atoms with E-state index in [4.69, 9.17) is 10.5 Å². The van der Waals surface area contributed by atoms with Gasteiger partial charge in [0.15, 0.2) is 0 Å². The number of hydrogen-bond acceptors (Lipinski definition) is 7. The third kappa shape index (κ3) is 3.71. The molecule has 3 aromatic rings. The fourth-order valence-electron chi connectivity index (χ4n) is 3.34. The molecule has 0 spiro atoms. The Morgan fingerprint density at radius 2 is 2.15 bits per heavy atom. The monoisotopic (exact) mass is 383 g/mol. The number of nitrogens with zero attached hydrogens (tertiary/aromatic N) is 4. The van der Waals surface area contributed by atoms with E-state index in [0.717, 1.165) is 37.3 Å². The molecule has 4 heterocycles. The van der Waals surface area contributed by atoms with Gasteiger partial charge in [-0.15, -0.1) is 11.3 Å². The lowest BCUT2D eigenvalue weighted by Crippen LogP contribution is -2.36. The predicted octanol–water partition coefficient (Wildman–Crippen LogP) is 2.79. The van der Waals surface area contributed by atoms with Crippen LogP contribution in [0.15, 0.2) is 30.0 Å². The number of aromatic nitrogens is 3. The molecule has 0 saturated carbocycles. The first kappa shape index (κ1) is 17.7. The van der Waals surface area contributed by atoms with Crippen molar-refractivity contribution in [1.29, 1.82) is 0 Å². The molecular formula is C19H21N5O2S. The third-order valence-corrected chi connectivity index (χ3v) is 5.98. The van der Waals surface area contributed by atoms with E-state index in [0.29, 0.717) is 18.3 Å². The van der Waals surface area contributed by atoms with E-state index in [-0.39, 0.29) is 5.69 Å². The van der Waals surface area contributed by atoms with E-state index in [1.807, 2.05) is 0 Å². The minimum Gasteiger partial charge on any atom is -0.493 e. The Balaban J connectivity index is 1.36. The molecule has 4 rings (SSSR count). The summed E-state index contributed by atoms with van der Waals surface area (Å²) in [4.78, 5) is 26.4. The Morgan fingerprint density at radius 1 is 1.33 bits per heavy atom. The molecule has 0 aliphatic carbocycles. The molecule has 1 aliphatic heterocycles. The Kier molecular flexibility index (Phi) is 4.89. The molecule has 1 saturated heterocycles. The Bertz CT molecular complexity index is 966. The van der Waals surface area contributed by atoms with Gasteiger partial charge in [-0.2, -0.15) is 0 Å². The highest BCUT2D eigenvalue weighted by Crippen LogP contribution is 2.33. The van der Waals surface area contributed by atoms with E-state index in [1.165, 1.54) is 10.3 Å². The summed E-state index contributed by atoms with van der Waals surface area (Å²) in [6.07, 6.45) is 5.26. The lowest BCUT2D eigenvalue weighted by Gasteiger charge is -2.32. The summed E-state index contributed by atoms with van der Waals surface area (Å²) in [6, 6.07) is 3.34. The fourth-order valence-corrected chi connectivity index (χ4v) is 4.36. The van der Waals surface area contributed by atoms with Gasteiger partial charge in [-0.25, -0.2) is 9.97 Å². The summed E-state index contributed by atoms with van der Waals surface area (Å²) in [6.45, 7) is 4.59. The maximum atomic E-state index is 11.2. The number of primary amides is 1. The Morgan fingerprint density at radius 3 is 2.93 bits per heavy atom. The summed E-state index contributed by atoms with van der Waals surface area (Å²) in [5.74, 6) is 1.59. The molecule has 2 N–H and O–H groups in total. The van der Waals surface area contributed by atoms with Crippen molar-refractivity contribution in [2.75, 3.05) is 24.6 Å². The van der Waals surface area contributed by atoms with E-state index in [2.05, 4.69) is 32.2 Å². The molecule has 0 radical (unpaired) electrons. The molecule has 1 fully saturated rings. The van der Waals surface area contributed by atoms with Crippen LogP contribution in [-0.4, -0.2) is 40.6 Å². The van der Waals surface area contributed by atoms with Gasteiger partial charge in [-0.1, -0.05) is 0 Å². The number of pyridine rings is 1. The number of anilines is 1. The number of piperidine rings is 1. The largest absolute Gasteiger partial charge is 0.493 e. The van der Waals surface area contributed by atoms with Crippen LogP contribution in [0, 0.1) is 12.8 Å². The molecule has 0 unspecified atom stereocenters. The number of fused-ring (bicyclic) bond motifs is 1. The van der Waals surface area contributed by atoms with Crippen molar-refractivity contribution in [3.05, 3.63) is 41.3 Å². The van der Waals surface area contributed by atoms with Gasteiger partial charge in [0.25, 0.3) is 5.91 Å². The van der Waals surface area contributed by atoms with Crippen LogP contribution in [0.2, 0.25) is 0 Å². The number of hydrogen-bond donors (Lipinski definition) is 1. The number of nitrogens with two attached hydrogens (primary N) is 1. The lowest BCUT2D eigenvalue weighted by atomic mass is 9.98. The lowest BCUT2D eigenvalue weighted by molar-refractivity contribution is 0.0995. The maximum Gasteiger partial charge on any atom is 0.267 e. The van der Waals surface area contributed by atoms with E-state index in [9.17, 15) is 4.79 Å². The zero-order valence-corrected chi connectivity index (χ0v) is 15.9. The maximum absolute atomic E-state index is 11.2. The van der Waals surface area contributed by atoms with E-state index < -0.39 is 5.91 Å². The van der Waals surface area contributed by atoms with Crippen molar-refractivity contribution < 1.29 is 9.53 Å². The number of aryl methyl sites for hydroxylation is 1. The second kappa shape index (κ2) is 7.48. The molecule has 0 bridgehead atoms. The minimum absolute atomic E-state index is 0.223. The number of ether oxygens (including phenoxy) is 1. The second-order valence-corrected chi connectivity index (χ2v) is 7.66. The normalized spacial score (nSPS) is 15.2. The average molecular weight is 383 g/mol. The number of thiophene rings is 1. The van der Waals surface area contributed by atoms with Gasteiger partial charge in [0, 0.05) is 25.4 Å². The molecule has 0 atom stereocenters. The quantitative estimate of drug-likeness (QED) is 0.728. The minimum atomic E-state index is -0.547. The SMILES string of the molecule is Cc1csc2c(N3CCC(COc4ccnc(C(N)=O)c4)CC3)ncnc12. The summed E-state index contributed by atoms with van der Waals surface area (Å²) < 4.78 is 7.03. The molecule has 0 aromatic carbocycles. The smallest absolute Gasteiger partial charge is 0.267 e. The number of carbonyl (C=O) groups is 1. The molecule has 140 valence electrons. The van der Waals surface area contributed by atoms with Gasteiger partial charge in [-0.3, -0.25) is 9.78 Å². The third-order valence-electron chi connectivity index (χ3n) is 4.90. The fraction of sp³-hybridized carbons (Fsp3) is 0.368. The van der Waals surface area contributed by atoms with Crippen LogP contribution in [-0.2, 0) is 0 Å². The number of amides is 1. The van der Waals surface area contributed by atoms with Crippen molar-refractivity contribution in [1.82, 2.24) is 15.0 Å². The summed E-state index contributed by atoms with van der Waals surface area (Å²) in [7, 11) is 0. The van der Waals surface area contributed by atoms with Gasteiger partial charge in [-0.05, 0) is 42.7 Å². The van der Waals surface area contributed by atoms with Crippen molar-refractivity contribution in [3.63, 3.8) is 0 Å². The van der Waals surface area contributed by atoms with Crippen molar-refractivity contribution in [2.24, 2.45) is 11.7 Å². The topological polar surface area (TPSA) is 94.2 Å². The zero-order chi connectivity index (χ0) is 18.8. The molecule has 1 aliphatic rings. The van der Waals surface area contributed by atoms with Crippen LogP contribution < -0.4 is 15.4 Å². The van der Waals surface area contributed by atoms with Crippen LogP contribution in [0.25, 0.3) is 10.2 Å². The zero-order valence-electron chi connectivity index (χ0n) is 15.1. The van der Waals surface area contributed by atoms with Crippen LogP contribution in [0.1, 0.15) is 28.9 Å². The molecule has 8 heteroatoms. The molecule has 1 amide bonds. The summed E-state index contributed by atoms with van der Waals surface area (Å²) in [5.41, 5.74) is 7.74. The Labute approximate surface area is 161 Å². The summed E-state index contributed by atoms with van der Waals surface area (Å²) in [5, 5.41) is 2.14. The van der Waals surface area contributed by atoms with Crippen LogP contribution in [0.4, 0.5) is 5.82 Å². The van der Waals surface area contributed by atoms with Crippen LogP contribution >= 0.6 is 11.3 Å². The second-order valence-electron chi connectivity index (χ2n) is 6.78. The first-order chi connectivity index (χ1) is 13.1. The number of rotatable bonds is 5. The van der Waals surface area contributed by atoms with Crippen molar-refractivity contribution in [2.45, 2.75) is 19.8 Å². The van der Waals surface area contributed by atoms with Crippen molar-refractivity contribution >= 4 is 33.3 Å². The molecule has 3 aromatic heterocycles. The molecular weight excluding hydrogens is 362 g/mol. The Hall–Kier alpha value is -2.74. The highest BCUT2D eigenvalue weighted by molar-refractivity contribution is 7.18. The first-order valence-electron chi connectivity index (χ1n) is 8.94. The predicted molar refractivity (Wildman–Crippen MR) is 105 cm³/mol. The van der Waals surface area contributed by atoms with Gasteiger partial charge >= 0.3 is 0 Å². The molecule has 27 heavy (non-hydrogen) atoms.